The summed E-state index contributed by atoms with van der Waals surface area (Å²) < 4.78 is 6.12. The molecule has 3 rings (SSSR count). The topological polar surface area (TPSA) is 79.9 Å². The molecule has 0 unspecified atom stereocenters. The van der Waals surface area contributed by atoms with Crippen LogP contribution in [0.5, 0.6) is 5.75 Å². The van der Waals surface area contributed by atoms with Crippen molar-refractivity contribution < 1.29 is 9.53 Å². The van der Waals surface area contributed by atoms with Gasteiger partial charge in [0, 0.05) is 10.0 Å². The van der Waals surface area contributed by atoms with Gasteiger partial charge in [0.25, 0.3) is 0 Å². The first-order valence-electron chi connectivity index (χ1n) is 7.71. The van der Waals surface area contributed by atoms with Gasteiger partial charge in [-0.3, -0.25) is 9.89 Å². The SMILES string of the molecule is COc1ccc(-c2n[nH]c(CNC(=O)Cc3ccc(Br)cc3)n2)cc1. The number of nitrogens with zero attached hydrogens (tertiary/aromatic N) is 2. The standard InChI is InChI=1S/C18H17BrN4O2/c1-25-15-8-4-13(5-9-15)18-21-16(22-23-18)11-20-17(24)10-12-2-6-14(19)7-3-12/h2-9H,10-11H2,1H3,(H,20,24)(H,21,22,23). The second-order valence-corrected chi connectivity index (χ2v) is 6.33. The van der Waals surface area contributed by atoms with Gasteiger partial charge in [-0.15, -0.1) is 0 Å². The molecular weight excluding hydrogens is 384 g/mol. The number of carbonyl (C=O) groups is 1. The third kappa shape index (κ3) is 4.67. The predicted octanol–water partition coefficient (Wildman–Crippen LogP) is 3.10. The summed E-state index contributed by atoms with van der Waals surface area (Å²) in [6.45, 7) is 0.304. The van der Waals surface area contributed by atoms with Crippen LogP contribution in [0.3, 0.4) is 0 Å². The average molecular weight is 401 g/mol. The summed E-state index contributed by atoms with van der Waals surface area (Å²) in [5.41, 5.74) is 1.83. The van der Waals surface area contributed by atoms with Gasteiger partial charge in [-0.1, -0.05) is 28.1 Å². The van der Waals surface area contributed by atoms with Crippen molar-refractivity contribution in [2.45, 2.75) is 13.0 Å². The monoisotopic (exact) mass is 400 g/mol. The molecule has 0 bridgehead atoms. The number of amides is 1. The van der Waals surface area contributed by atoms with Gasteiger partial charge in [0.15, 0.2) is 5.82 Å². The van der Waals surface area contributed by atoms with Crippen molar-refractivity contribution in [3.05, 3.63) is 64.4 Å². The van der Waals surface area contributed by atoms with Crippen molar-refractivity contribution >= 4 is 21.8 Å². The van der Waals surface area contributed by atoms with E-state index in [9.17, 15) is 4.79 Å². The summed E-state index contributed by atoms with van der Waals surface area (Å²) in [5, 5.41) is 9.87. The van der Waals surface area contributed by atoms with Crippen LogP contribution in [0.15, 0.2) is 53.0 Å². The highest BCUT2D eigenvalue weighted by atomic mass is 79.9. The first kappa shape index (κ1) is 17.2. The molecule has 0 aliphatic rings. The second-order valence-electron chi connectivity index (χ2n) is 5.41. The molecule has 1 heterocycles. The van der Waals surface area contributed by atoms with Gasteiger partial charge in [-0.05, 0) is 42.0 Å². The number of ether oxygens (including phenoxy) is 1. The van der Waals surface area contributed by atoms with E-state index in [0.29, 0.717) is 24.6 Å². The Hall–Kier alpha value is -2.67. The molecule has 1 aromatic heterocycles. The molecule has 0 fully saturated rings. The molecule has 2 N–H and O–H groups in total. The van der Waals surface area contributed by atoms with E-state index >= 15 is 0 Å². The number of carbonyl (C=O) groups excluding carboxylic acids is 1. The number of rotatable bonds is 6. The summed E-state index contributed by atoms with van der Waals surface area (Å²) in [4.78, 5) is 16.4. The Labute approximate surface area is 153 Å². The highest BCUT2D eigenvalue weighted by Crippen LogP contribution is 2.18. The normalized spacial score (nSPS) is 10.5. The Balaban J connectivity index is 1.55. The quantitative estimate of drug-likeness (QED) is 0.665. The molecule has 128 valence electrons. The predicted molar refractivity (Wildman–Crippen MR) is 98.1 cm³/mol. The van der Waals surface area contributed by atoms with Crippen molar-refractivity contribution in [1.29, 1.82) is 0 Å². The summed E-state index contributed by atoms with van der Waals surface area (Å²) in [5.74, 6) is 1.90. The Morgan fingerprint density at radius 1 is 1.16 bits per heavy atom. The van der Waals surface area contributed by atoms with E-state index in [1.165, 1.54) is 0 Å². The molecule has 0 radical (unpaired) electrons. The molecule has 0 saturated heterocycles. The number of aromatic nitrogens is 3. The number of benzene rings is 2. The molecule has 0 spiro atoms. The fourth-order valence-corrected chi connectivity index (χ4v) is 2.54. The molecule has 0 atom stereocenters. The highest BCUT2D eigenvalue weighted by molar-refractivity contribution is 9.10. The smallest absolute Gasteiger partial charge is 0.224 e. The molecule has 3 aromatic rings. The van der Waals surface area contributed by atoms with Gasteiger partial charge in [0.05, 0.1) is 20.1 Å². The molecule has 0 aliphatic carbocycles. The minimum atomic E-state index is -0.0651. The fourth-order valence-electron chi connectivity index (χ4n) is 2.28. The number of hydrogen-bond donors (Lipinski definition) is 2. The number of hydrogen-bond acceptors (Lipinski definition) is 4. The highest BCUT2D eigenvalue weighted by Gasteiger charge is 2.08. The molecule has 0 saturated carbocycles. The van der Waals surface area contributed by atoms with Crippen LogP contribution in [-0.2, 0) is 17.8 Å². The molecule has 6 nitrogen and oxygen atoms in total. The number of nitrogens with one attached hydrogen (secondary N) is 2. The van der Waals surface area contributed by atoms with Crippen LogP contribution >= 0.6 is 15.9 Å². The molecule has 2 aromatic carbocycles. The van der Waals surface area contributed by atoms with E-state index in [1.54, 1.807) is 7.11 Å². The van der Waals surface area contributed by atoms with Crippen molar-refractivity contribution in [2.75, 3.05) is 7.11 Å². The summed E-state index contributed by atoms with van der Waals surface area (Å²) >= 11 is 3.38. The van der Waals surface area contributed by atoms with Crippen LogP contribution in [0.1, 0.15) is 11.4 Å². The lowest BCUT2D eigenvalue weighted by molar-refractivity contribution is -0.120. The van der Waals surface area contributed by atoms with E-state index in [0.717, 1.165) is 21.3 Å². The molecule has 1 amide bonds. The maximum absolute atomic E-state index is 12.0. The Morgan fingerprint density at radius 3 is 2.56 bits per heavy atom. The third-order valence-electron chi connectivity index (χ3n) is 3.61. The third-order valence-corrected chi connectivity index (χ3v) is 4.14. The summed E-state index contributed by atoms with van der Waals surface area (Å²) in [6, 6.07) is 15.1. The van der Waals surface area contributed by atoms with Gasteiger partial charge >= 0.3 is 0 Å². The summed E-state index contributed by atoms with van der Waals surface area (Å²) in [6.07, 6.45) is 0.326. The van der Waals surface area contributed by atoms with Crippen LogP contribution in [-0.4, -0.2) is 28.2 Å². The largest absolute Gasteiger partial charge is 0.497 e. The van der Waals surface area contributed by atoms with Crippen molar-refractivity contribution in [3.63, 3.8) is 0 Å². The van der Waals surface area contributed by atoms with Gasteiger partial charge < -0.3 is 10.1 Å². The lowest BCUT2D eigenvalue weighted by Crippen LogP contribution is -2.25. The van der Waals surface area contributed by atoms with Gasteiger partial charge in [0.2, 0.25) is 5.91 Å². The average Bonchev–Trinajstić information content (AvgIpc) is 3.11. The zero-order chi connectivity index (χ0) is 17.6. The Morgan fingerprint density at radius 2 is 1.88 bits per heavy atom. The van der Waals surface area contributed by atoms with Crippen LogP contribution in [0.4, 0.5) is 0 Å². The molecular formula is C18H17BrN4O2. The zero-order valence-corrected chi connectivity index (χ0v) is 15.2. The van der Waals surface area contributed by atoms with Crippen LogP contribution < -0.4 is 10.1 Å². The first-order chi connectivity index (χ1) is 12.1. The van der Waals surface area contributed by atoms with Crippen molar-refractivity contribution in [1.82, 2.24) is 20.5 Å². The van der Waals surface area contributed by atoms with E-state index < -0.39 is 0 Å². The minimum absolute atomic E-state index is 0.0651. The second kappa shape index (κ2) is 7.94. The Kier molecular flexibility index (Phi) is 5.45. The fraction of sp³-hybridized carbons (Fsp3) is 0.167. The van der Waals surface area contributed by atoms with E-state index in [2.05, 4.69) is 36.4 Å². The number of H-pyrrole nitrogens is 1. The van der Waals surface area contributed by atoms with Gasteiger partial charge in [0.1, 0.15) is 11.6 Å². The zero-order valence-electron chi connectivity index (χ0n) is 13.6. The number of halogens is 1. The maximum Gasteiger partial charge on any atom is 0.224 e. The van der Waals surface area contributed by atoms with Gasteiger partial charge in [-0.25, -0.2) is 4.98 Å². The molecule has 0 aliphatic heterocycles. The summed E-state index contributed by atoms with van der Waals surface area (Å²) in [7, 11) is 1.62. The molecule has 25 heavy (non-hydrogen) atoms. The van der Waals surface area contributed by atoms with Crippen molar-refractivity contribution in [2.24, 2.45) is 0 Å². The van der Waals surface area contributed by atoms with Crippen LogP contribution in [0.2, 0.25) is 0 Å². The lowest BCUT2D eigenvalue weighted by Gasteiger charge is -2.03. The molecule has 7 heteroatoms. The lowest BCUT2D eigenvalue weighted by atomic mass is 10.1. The van der Waals surface area contributed by atoms with Crippen LogP contribution in [0.25, 0.3) is 11.4 Å². The Bertz CT molecular complexity index is 844. The minimum Gasteiger partial charge on any atom is -0.497 e. The van der Waals surface area contributed by atoms with Crippen molar-refractivity contribution in [3.8, 4) is 17.1 Å². The number of methoxy groups -OCH3 is 1. The first-order valence-corrected chi connectivity index (χ1v) is 8.50. The number of aromatic amines is 1. The van der Waals surface area contributed by atoms with Gasteiger partial charge in [-0.2, -0.15) is 5.10 Å². The van der Waals surface area contributed by atoms with E-state index in [-0.39, 0.29) is 5.91 Å². The van der Waals surface area contributed by atoms with E-state index in [4.69, 9.17) is 4.74 Å². The maximum atomic E-state index is 12.0. The van der Waals surface area contributed by atoms with Crippen LogP contribution in [0, 0.1) is 0 Å². The van der Waals surface area contributed by atoms with E-state index in [1.807, 2.05) is 48.5 Å².